The molecule has 0 saturated carbocycles. The maximum absolute atomic E-state index is 6.69. The zero-order valence-electron chi connectivity index (χ0n) is 43.3. The number of hydrogen-bond donors (Lipinski definition) is 0. The van der Waals surface area contributed by atoms with Gasteiger partial charge in [0, 0.05) is 48.7 Å². The summed E-state index contributed by atoms with van der Waals surface area (Å²) in [5.74, 6) is 1.67. The van der Waals surface area contributed by atoms with Gasteiger partial charge in [0.25, 0.3) is 6.71 Å². The first kappa shape index (κ1) is 44.6. The van der Waals surface area contributed by atoms with Crippen LogP contribution in [-0.2, 0) is 16.2 Å². The monoisotopic (exact) mass is 953 g/mol. The highest BCUT2D eigenvalue weighted by atomic mass is 32.1. The minimum atomic E-state index is -0.0720. The fourth-order valence-electron chi connectivity index (χ4n) is 11.9. The lowest BCUT2D eigenvalue weighted by atomic mass is 9.36. The highest BCUT2D eigenvalue weighted by Crippen LogP contribution is 2.56. The maximum atomic E-state index is 6.69. The first-order valence-corrected chi connectivity index (χ1v) is 26.4. The summed E-state index contributed by atoms with van der Waals surface area (Å²) in [6.07, 6.45) is 0. The summed E-state index contributed by atoms with van der Waals surface area (Å²) >= 11 is 2.01. The van der Waals surface area contributed by atoms with Gasteiger partial charge in [-0.05, 0) is 146 Å². The summed E-state index contributed by atoms with van der Waals surface area (Å²) in [4.78, 5) is 7.69. The van der Waals surface area contributed by atoms with Crippen molar-refractivity contribution in [1.82, 2.24) is 0 Å². The lowest BCUT2D eigenvalue weighted by molar-refractivity contribution is 0.477. The number of rotatable bonds is 3. The van der Waals surface area contributed by atoms with Crippen LogP contribution in [0.1, 0.15) is 90.1 Å². The van der Waals surface area contributed by atoms with E-state index >= 15 is 0 Å². The summed E-state index contributed by atoms with van der Waals surface area (Å²) in [5, 5.41) is 6.54. The molecular formula is C66H60BN3OS. The van der Waals surface area contributed by atoms with Crippen molar-refractivity contribution in [2.45, 2.75) is 92.4 Å². The molecule has 6 heteroatoms. The topological polar surface area (TPSA) is 19.0 Å². The van der Waals surface area contributed by atoms with Crippen molar-refractivity contribution in [2.75, 3.05) is 14.7 Å². The minimum Gasteiger partial charge on any atom is -0.453 e. The molecule has 4 heterocycles. The first-order chi connectivity index (χ1) is 34.5. The second-order valence-corrected chi connectivity index (χ2v) is 24.6. The quantitative estimate of drug-likeness (QED) is 0.130. The number of para-hydroxylation sites is 4. The van der Waals surface area contributed by atoms with Crippen LogP contribution in [0.25, 0.3) is 31.6 Å². The smallest absolute Gasteiger partial charge is 0.264 e. The van der Waals surface area contributed by atoms with Crippen LogP contribution in [0.5, 0.6) is 11.5 Å². The zero-order valence-corrected chi connectivity index (χ0v) is 44.1. The van der Waals surface area contributed by atoms with E-state index in [-0.39, 0.29) is 23.0 Å². The lowest BCUT2D eigenvalue weighted by Crippen LogP contribution is -2.60. The van der Waals surface area contributed by atoms with E-state index in [0.717, 1.165) is 34.2 Å². The molecule has 0 fully saturated rings. The van der Waals surface area contributed by atoms with E-state index < -0.39 is 0 Å². The van der Waals surface area contributed by atoms with Crippen molar-refractivity contribution in [2.24, 2.45) is 0 Å². The average Bonchev–Trinajstić information content (AvgIpc) is 3.75. The first-order valence-electron chi connectivity index (χ1n) is 25.6. The Hall–Kier alpha value is -7.28. The highest BCUT2D eigenvalue weighted by molar-refractivity contribution is 7.34. The molecule has 0 amide bonds. The third-order valence-electron chi connectivity index (χ3n) is 15.7. The number of ether oxygens (including phenoxy) is 1. The van der Waals surface area contributed by atoms with Crippen molar-refractivity contribution in [3.63, 3.8) is 0 Å². The summed E-state index contributed by atoms with van der Waals surface area (Å²) in [6.45, 7) is 25.5. The van der Waals surface area contributed by atoms with E-state index in [1.54, 1.807) is 0 Å². The molecule has 0 radical (unpaired) electrons. The van der Waals surface area contributed by atoms with Crippen LogP contribution in [0, 0.1) is 13.8 Å². The van der Waals surface area contributed by atoms with Crippen molar-refractivity contribution in [3.05, 3.63) is 192 Å². The van der Waals surface area contributed by atoms with Gasteiger partial charge in [0.05, 0.1) is 22.7 Å². The van der Waals surface area contributed by atoms with Crippen molar-refractivity contribution >= 4 is 117 Å². The second kappa shape index (κ2) is 15.6. The Bertz CT molecular complexity index is 3860. The van der Waals surface area contributed by atoms with Gasteiger partial charge in [-0.2, -0.15) is 0 Å². The third kappa shape index (κ3) is 6.64. The van der Waals surface area contributed by atoms with Gasteiger partial charge in [-0.25, -0.2) is 0 Å². The van der Waals surface area contributed by atoms with Crippen LogP contribution < -0.4 is 35.1 Å². The van der Waals surface area contributed by atoms with Crippen molar-refractivity contribution < 1.29 is 4.74 Å². The van der Waals surface area contributed by atoms with Crippen LogP contribution in [0.3, 0.4) is 0 Å². The Morgan fingerprint density at radius 2 is 0.944 bits per heavy atom. The molecule has 3 aliphatic rings. The van der Waals surface area contributed by atoms with Gasteiger partial charge in [0.15, 0.2) is 11.5 Å². The maximum Gasteiger partial charge on any atom is 0.264 e. The molecule has 1 aromatic heterocycles. The SMILES string of the molecule is Cc1cc(C(C)(C)C)ccc1N1c2cc(N3c4ccccc4Oc4ccccc43)cc3c2B(c2cc(C(C)(C)C)ccc2N3c2ccc(C(C)(C)C)cc2)c2sc3c4c(C)cccc4c4ccccc4c3c21. The normalized spacial score (nSPS) is 14.0. The second-order valence-electron chi connectivity index (χ2n) is 23.5. The Balaban J connectivity index is 1.23. The number of nitrogens with zero attached hydrogens (tertiary/aromatic N) is 3. The predicted molar refractivity (Wildman–Crippen MR) is 311 cm³/mol. The summed E-state index contributed by atoms with van der Waals surface area (Å²) in [7, 11) is 0. The van der Waals surface area contributed by atoms with Gasteiger partial charge in [-0.1, -0.05) is 165 Å². The van der Waals surface area contributed by atoms with Gasteiger partial charge in [0.2, 0.25) is 0 Å². The van der Waals surface area contributed by atoms with E-state index in [1.165, 1.54) is 104 Å². The van der Waals surface area contributed by atoms with Gasteiger partial charge in [0.1, 0.15) is 0 Å². The molecule has 72 heavy (non-hydrogen) atoms. The molecule has 0 aliphatic carbocycles. The van der Waals surface area contributed by atoms with Gasteiger partial charge in [-0.3, -0.25) is 0 Å². The summed E-state index contributed by atoms with van der Waals surface area (Å²) in [5.41, 5.74) is 19.4. The summed E-state index contributed by atoms with van der Waals surface area (Å²) < 4.78 is 9.42. The molecule has 0 spiro atoms. The molecule has 0 unspecified atom stereocenters. The Kier molecular flexibility index (Phi) is 9.68. The molecule has 10 aromatic rings. The average molecular weight is 954 g/mol. The standard InChI is InChI=1S/C66H60BN3OS/c1-39-19-18-22-47-46-20-12-13-21-48(46)59-61-63(72-62(59)58(39)47)67-49-36-43(66(9,10)11)30-34-51(49)68(44-31-27-41(28-32-44)64(3,4)5)54-37-45(69-52-23-14-16-25-56(52)71-57-26-17-15-24-53(57)69)38-55(60(54)67)70(61)50-33-29-42(35-40(50)2)65(6,7)8/h12-38H,1-11H3. The Morgan fingerprint density at radius 3 is 1.58 bits per heavy atom. The highest BCUT2D eigenvalue weighted by Gasteiger charge is 2.47. The number of benzene rings is 9. The number of fused-ring (bicyclic) bond motifs is 13. The Morgan fingerprint density at radius 1 is 0.417 bits per heavy atom. The van der Waals surface area contributed by atoms with Gasteiger partial charge in [-0.15, -0.1) is 11.3 Å². The fourth-order valence-corrected chi connectivity index (χ4v) is 13.5. The van der Waals surface area contributed by atoms with Crippen LogP contribution in [-0.4, -0.2) is 6.71 Å². The zero-order chi connectivity index (χ0) is 49.7. The van der Waals surface area contributed by atoms with Gasteiger partial charge >= 0.3 is 0 Å². The van der Waals surface area contributed by atoms with Crippen LogP contribution >= 0.6 is 11.3 Å². The van der Waals surface area contributed by atoms with E-state index in [2.05, 4.69) is 255 Å². The molecule has 3 aliphatic heterocycles. The molecule has 0 N–H and O–H groups in total. The molecule has 13 rings (SSSR count). The van der Waals surface area contributed by atoms with E-state index in [9.17, 15) is 0 Å². The largest absolute Gasteiger partial charge is 0.453 e. The fraction of sp³-hybridized carbons (Fsp3) is 0.212. The summed E-state index contributed by atoms with van der Waals surface area (Å²) in [6, 6.07) is 61.9. The molecule has 354 valence electrons. The number of aryl methyl sites for hydroxylation is 2. The molecule has 4 nitrogen and oxygen atoms in total. The van der Waals surface area contributed by atoms with Crippen LogP contribution in [0.15, 0.2) is 164 Å². The molecule has 9 aromatic carbocycles. The van der Waals surface area contributed by atoms with Crippen molar-refractivity contribution in [1.29, 1.82) is 0 Å². The molecular weight excluding hydrogens is 894 g/mol. The molecule has 0 saturated heterocycles. The van der Waals surface area contributed by atoms with E-state index in [1.807, 2.05) is 11.3 Å². The van der Waals surface area contributed by atoms with E-state index in [0.29, 0.717) is 0 Å². The number of anilines is 9. The number of thiophene rings is 1. The van der Waals surface area contributed by atoms with Crippen LogP contribution in [0.2, 0.25) is 0 Å². The van der Waals surface area contributed by atoms with E-state index in [4.69, 9.17) is 4.74 Å². The van der Waals surface area contributed by atoms with Crippen molar-refractivity contribution in [3.8, 4) is 11.5 Å². The predicted octanol–water partition coefficient (Wildman–Crippen LogP) is 17.4. The minimum absolute atomic E-state index is 0.00636. The molecule has 0 atom stereocenters. The van der Waals surface area contributed by atoms with Gasteiger partial charge < -0.3 is 19.4 Å². The molecule has 0 bridgehead atoms. The third-order valence-corrected chi connectivity index (χ3v) is 17.0. The number of hydrogen-bond acceptors (Lipinski definition) is 5. The lowest BCUT2D eigenvalue weighted by Gasteiger charge is -2.45. The Labute approximate surface area is 429 Å². The van der Waals surface area contributed by atoms with Crippen LogP contribution in [0.4, 0.5) is 51.2 Å².